The molecule has 0 spiro atoms. The molecule has 1 aromatic heterocycles. The number of rotatable bonds is 4. The summed E-state index contributed by atoms with van der Waals surface area (Å²) < 4.78 is 0. The Labute approximate surface area is 132 Å². The predicted molar refractivity (Wildman–Crippen MR) is 89.8 cm³/mol. The second-order valence-corrected chi connectivity index (χ2v) is 8.08. The average Bonchev–Trinajstić information content (AvgIpc) is 2.95. The summed E-state index contributed by atoms with van der Waals surface area (Å²) in [5.74, 6) is 0.808. The SMILES string of the molecule is Cc1cnc(C(C)NC2CCCCC2C2CCCCN2)s1. The molecule has 1 aromatic rings. The van der Waals surface area contributed by atoms with Crippen LogP contribution in [0.2, 0.25) is 0 Å². The van der Waals surface area contributed by atoms with E-state index in [1.165, 1.54) is 61.4 Å². The minimum absolute atomic E-state index is 0.387. The van der Waals surface area contributed by atoms with E-state index < -0.39 is 0 Å². The number of hydrogen-bond donors (Lipinski definition) is 2. The second kappa shape index (κ2) is 7.21. The van der Waals surface area contributed by atoms with E-state index in [0.29, 0.717) is 12.1 Å². The Hall–Kier alpha value is -0.450. The third-order valence-electron chi connectivity index (χ3n) is 5.16. The molecule has 0 radical (unpaired) electrons. The quantitative estimate of drug-likeness (QED) is 0.888. The molecule has 21 heavy (non-hydrogen) atoms. The molecular formula is C17H29N3S. The number of nitrogens with zero attached hydrogens (tertiary/aromatic N) is 1. The maximum absolute atomic E-state index is 4.56. The van der Waals surface area contributed by atoms with Crippen molar-refractivity contribution in [3.8, 4) is 0 Å². The molecular weight excluding hydrogens is 278 g/mol. The van der Waals surface area contributed by atoms with Crippen molar-refractivity contribution in [1.82, 2.24) is 15.6 Å². The summed E-state index contributed by atoms with van der Waals surface area (Å²) in [5.41, 5.74) is 0. The molecule has 0 aromatic carbocycles. The Morgan fingerprint density at radius 1 is 1.24 bits per heavy atom. The first-order chi connectivity index (χ1) is 10.2. The molecule has 1 aliphatic heterocycles. The third-order valence-corrected chi connectivity index (χ3v) is 6.25. The first-order valence-corrected chi connectivity index (χ1v) is 9.47. The summed E-state index contributed by atoms with van der Waals surface area (Å²) in [7, 11) is 0. The van der Waals surface area contributed by atoms with Gasteiger partial charge in [0, 0.05) is 23.2 Å². The molecule has 4 atom stereocenters. The molecule has 2 N–H and O–H groups in total. The Balaban J connectivity index is 1.63. The fourth-order valence-corrected chi connectivity index (χ4v) is 4.84. The molecule has 3 nitrogen and oxygen atoms in total. The summed E-state index contributed by atoms with van der Waals surface area (Å²) in [4.78, 5) is 5.87. The van der Waals surface area contributed by atoms with Gasteiger partial charge in [-0.3, -0.25) is 0 Å². The van der Waals surface area contributed by atoms with E-state index in [1.54, 1.807) is 0 Å². The van der Waals surface area contributed by atoms with Gasteiger partial charge in [0.2, 0.25) is 0 Å². The van der Waals surface area contributed by atoms with Crippen molar-refractivity contribution in [2.45, 2.75) is 76.9 Å². The van der Waals surface area contributed by atoms with E-state index >= 15 is 0 Å². The Morgan fingerprint density at radius 3 is 2.76 bits per heavy atom. The molecule has 118 valence electrons. The standard InChI is InChI=1S/C17H29N3S/c1-12-11-19-17(21-12)13(2)20-16-9-4-3-7-14(16)15-8-5-6-10-18-15/h11,13-16,18,20H,3-10H2,1-2H3. The van der Waals surface area contributed by atoms with Gasteiger partial charge in [0.05, 0.1) is 6.04 Å². The van der Waals surface area contributed by atoms with Crippen molar-refractivity contribution in [3.63, 3.8) is 0 Å². The van der Waals surface area contributed by atoms with E-state index in [1.807, 2.05) is 17.5 Å². The monoisotopic (exact) mass is 307 g/mol. The largest absolute Gasteiger partial charge is 0.314 e. The van der Waals surface area contributed by atoms with Crippen LogP contribution in [0.15, 0.2) is 6.20 Å². The van der Waals surface area contributed by atoms with Crippen LogP contribution < -0.4 is 10.6 Å². The van der Waals surface area contributed by atoms with Crippen molar-refractivity contribution < 1.29 is 0 Å². The van der Waals surface area contributed by atoms with Crippen molar-refractivity contribution in [1.29, 1.82) is 0 Å². The Kier molecular flexibility index (Phi) is 5.30. The topological polar surface area (TPSA) is 37.0 Å². The second-order valence-electron chi connectivity index (χ2n) is 6.81. The number of aromatic nitrogens is 1. The van der Waals surface area contributed by atoms with Crippen LogP contribution in [0.5, 0.6) is 0 Å². The first-order valence-electron chi connectivity index (χ1n) is 8.66. The predicted octanol–water partition coefficient (Wildman–Crippen LogP) is 3.80. The van der Waals surface area contributed by atoms with E-state index in [-0.39, 0.29) is 0 Å². The van der Waals surface area contributed by atoms with Gasteiger partial charge in [-0.2, -0.15) is 0 Å². The number of piperidine rings is 1. The zero-order valence-electron chi connectivity index (χ0n) is 13.4. The first kappa shape index (κ1) is 15.4. The van der Waals surface area contributed by atoms with E-state index in [2.05, 4.69) is 29.5 Å². The lowest BCUT2D eigenvalue weighted by Crippen LogP contribution is -2.50. The van der Waals surface area contributed by atoms with Gasteiger partial charge in [0.1, 0.15) is 5.01 Å². The lowest BCUT2D eigenvalue weighted by molar-refractivity contribution is 0.173. The zero-order chi connectivity index (χ0) is 14.7. The van der Waals surface area contributed by atoms with Crippen LogP contribution in [0.25, 0.3) is 0 Å². The molecule has 4 heteroatoms. The van der Waals surface area contributed by atoms with E-state index in [4.69, 9.17) is 0 Å². The highest BCUT2D eigenvalue weighted by molar-refractivity contribution is 7.11. The highest BCUT2D eigenvalue weighted by atomic mass is 32.1. The summed E-state index contributed by atoms with van der Waals surface area (Å²) >= 11 is 1.83. The highest BCUT2D eigenvalue weighted by Gasteiger charge is 2.33. The molecule has 0 amide bonds. The maximum atomic E-state index is 4.56. The van der Waals surface area contributed by atoms with Crippen LogP contribution in [-0.4, -0.2) is 23.6 Å². The van der Waals surface area contributed by atoms with Gasteiger partial charge in [-0.25, -0.2) is 4.98 Å². The minimum atomic E-state index is 0.387. The summed E-state index contributed by atoms with van der Waals surface area (Å²) in [6, 6.07) is 1.79. The summed E-state index contributed by atoms with van der Waals surface area (Å²) in [6.45, 7) is 5.64. The van der Waals surface area contributed by atoms with Crippen molar-refractivity contribution in [3.05, 3.63) is 16.1 Å². The molecule has 1 aliphatic carbocycles. The van der Waals surface area contributed by atoms with Crippen LogP contribution in [0.1, 0.15) is 67.8 Å². The number of thiazole rings is 1. The Bertz CT molecular complexity index is 439. The van der Waals surface area contributed by atoms with Gasteiger partial charge >= 0.3 is 0 Å². The van der Waals surface area contributed by atoms with E-state index in [9.17, 15) is 0 Å². The summed E-state index contributed by atoms with van der Waals surface area (Å²) in [6.07, 6.45) is 11.6. The smallest absolute Gasteiger partial charge is 0.109 e. The average molecular weight is 308 g/mol. The minimum Gasteiger partial charge on any atom is -0.314 e. The number of nitrogens with one attached hydrogen (secondary N) is 2. The van der Waals surface area contributed by atoms with E-state index in [0.717, 1.165) is 12.0 Å². The molecule has 1 saturated heterocycles. The van der Waals surface area contributed by atoms with Crippen LogP contribution >= 0.6 is 11.3 Å². The maximum Gasteiger partial charge on any atom is 0.109 e. The molecule has 2 heterocycles. The van der Waals surface area contributed by atoms with Gasteiger partial charge in [-0.15, -0.1) is 11.3 Å². The zero-order valence-corrected chi connectivity index (χ0v) is 14.2. The van der Waals surface area contributed by atoms with Gasteiger partial charge in [0.15, 0.2) is 0 Å². The molecule has 4 unspecified atom stereocenters. The fourth-order valence-electron chi connectivity index (χ4n) is 4.06. The van der Waals surface area contributed by atoms with Crippen molar-refractivity contribution in [2.24, 2.45) is 5.92 Å². The summed E-state index contributed by atoms with van der Waals surface area (Å²) in [5, 5.41) is 8.93. The van der Waals surface area contributed by atoms with Crippen LogP contribution in [0.4, 0.5) is 0 Å². The van der Waals surface area contributed by atoms with Gasteiger partial charge in [-0.1, -0.05) is 19.3 Å². The van der Waals surface area contributed by atoms with Crippen molar-refractivity contribution in [2.75, 3.05) is 6.54 Å². The highest BCUT2D eigenvalue weighted by Crippen LogP contribution is 2.32. The van der Waals surface area contributed by atoms with Gasteiger partial charge in [-0.05, 0) is 52.0 Å². The van der Waals surface area contributed by atoms with Gasteiger partial charge in [0.25, 0.3) is 0 Å². The Morgan fingerprint density at radius 2 is 2.05 bits per heavy atom. The molecule has 3 rings (SSSR count). The molecule has 1 saturated carbocycles. The normalized spacial score (nSPS) is 32.0. The number of hydrogen-bond acceptors (Lipinski definition) is 4. The number of aryl methyl sites for hydroxylation is 1. The van der Waals surface area contributed by atoms with Gasteiger partial charge < -0.3 is 10.6 Å². The fraction of sp³-hybridized carbons (Fsp3) is 0.824. The lowest BCUT2D eigenvalue weighted by Gasteiger charge is -2.40. The lowest BCUT2D eigenvalue weighted by atomic mass is 9.77. The van der Waals surface area contributed by atoms with Crippen LogP contribution in [-0.2, 0) is 0 Å². The molecule has 2 aliphatic rings. The van der Waals surface area contributed by atoms with Crippen molar-refractivity contribution >= 4 is 11.3 Å². The van der Waals surface area contributed by atoms with Crippen LogP contribution in [0, 0.1) is 12.8 Å². The third kappa shape index (κ3) is 3.85. The molecule has 2 fully saturated rings. The van der Waals surface area contributed by atoms with Crippen LogP contribution in [0.3, 0.4) is 0 Å². The molecule has 0 bridgehead atoms.